The summed E-state index contributed by atoms with van der Waals surface area (Å²) in [6, 6.07) is 17.5. The van der Waals surface area contributed by atoms with Gasteiger partial charge in [-0.1, -0.05) is 31.2 Å². The zero-order chi connectivity index (χ0) is 23.0. The third kappa shape index (κ3) is 3.94. The molecule has 5 nitrogen and oxygen atoms in total. The highest BCUT2D eigenvalue weighted by Crippen LogP contribution is 2.30. The smallest absolute Gasteiger partial charge is 0.261 e. The lowest BCUT2D eigenvalue weighted by molar-refractivity contribution is 0.103. The van der Waals surface area contributed by atoms with Gasteiger partial charge in [0.1, 0.15) is 11.3 Å². The first-order chi connectivity index (χ1) is 15.2. The highest BCUT2D eigenvalue weighted by Gasteiger charge is 2.23. The maximum atomic E-state index is 13.4. The molecule has 0 fully saturated rings. The summed E-state index contributed by atoms with van der Waals surface area (Å²) >= 11 is 0. The Morgan fingerprint density at radius 1 is 0.906 bits per heavy atom. The second kappa shape index (κ2) is 8.28. The van der Waals surface area contributed by atoms with Gasteiger partial charge in [0, 0.05) is 23.1 Å². The van der Waals surface area contributed by atoms with Gasteiger partial charge in [0.05, 0.1) is 10.5 Å². The molecular formula is C26H25NO4S. The van der Waals surface area contributed by atoms with Crippen LogP contribution in [0.5, 0.6) is 0 Å². The molecule has 0 aliphatic heterocycles. The van der Waals surface area contributed by atoms with Gasteiger partial charge < -0.3 is 4.42 Å². The Labute approximate surface area is 188 Å². The van der Waals surface area contributed by atoms with Crippen molar-refractivity contribution in [2.45, 2.75) is 39.0 Å². The molecule has 0 aliphatic rings. The molecule has 0 saturated heterocycles. The SMILES string of the molecule is CCc1oc2ccccc2c1C(=O)c1ccc(NS(=O)(=O)c2ccc(C)c(C)c2)cc1C. The Balaban J connectivity index is 1.67. The van der Waals surface area contributed by atoms with E-state index in [4.69, 9.17) is 4.42 Å². The molecule has 0 saturated carbocycles. The lowest BCUT2D eigenvalue weighted by atomic mass is 9.96. The summed E-state index contributed by atoms with van der Waals surface area (Å²) in [6.07, 6.45) is 0.600. The Kier molecular flexibility index (Phi) is 5.65. The van der Waals surface area contributed by atoms with E-state index in [-0.39, 0.29) is 10.7 Å². The standard InChI is InChI=1S/C26H25NO4S/c1-5-23-25(22-8-6-7-9-24(22)31-23)26(28)21-13-11-19(14-18(21)4)27-32(29,30)20-12-10-16(2)17(3)15-20/h6-15,27H,5H2,1-4H3. The summed E-state index contributed by atoms with van der Waals surface area (Å²) in [5.74, 6) is 0.517. The van der Waals surface area contributed by atoms with E-state index in [2.05, 4.69) is 4.72 Å². The van der Waals surface area contributed by atoms with Crippen molar-refractivity contribution >= 4 is 32.5 Å². The summed E-state index contributed by atoms with van der Waals surface area (Å²) in [4.78, 5) is 13.6. The van der Waals surface area contributed by atoms with Crippen LogP contribution in [0.15, 0.2) is 70.0 Å². The van der Waals surface area contributed by atoms with E-state index >= 15 is 0 Å². The molecule has 3 aromatic carbocycles. The Hall–Kier alpha value is -3.38. The van der Waals surface area contributed by atoms with Crippen LogP contribution in [0.2, 0.25) is 0 Å². The number of carbonyl (C=O) groups excluding carboxylic acids is 1. The molecule has 32 heavy (non-hydrogen) atoms. The summed E-state index contributed by atoms with van der Waals surface area (Å²) in [6.45, 7) is 7.56. The van der Waals surface area contributed by atoms with Crippen LogP contribution < -0.4 is 4.72 Å². The van der Waals surface area contributed by atoms with Gasteiger partial charge in [-0.05, 0) is 73.9 Å². The van der Waals surface area contributed by atoms with Gasteiger partial charge in [0.25, 0.3) is 10.0 Å². The van der Waals surface area contributed by atoms with Crippen molar-refractivity contribution in [2.24, 2.45) is 0 Å². The fourth-order valence-electron chi connectivity index (χ4n) is 3.81. The molecule has 4 aromatic rings. The van der Waals surface area contributed by atoms with Crippen LogP contribution in [0, 0.1) is 20.8 Å². The summed E-state index contributed by atoms with van der Waals surface area (Å²) in [5, 5.41) is 0.785. The van der Waals surface area contributed by atoms with Gasteiger partial charge >= 0.3 is 0 Å². The number of carbonyl (C=O) groups is 1. The molecule has 0 radical (unpaired) electrons. The molecule has 0 bridgehead atoms. The third-order valence-electron chi connectivity index (χ3n) is 5.73. The number of aryl methyl sites for hydroxylation is 4. The molecule has 0 amide bonds. The number of furan rings is 1. The van der Waals surface area contributed by atoms with Gasteiger partial charge in [-0.2, -0.15) is 0 Å². The molecule has 0 spiro atoms. The van der Waals surface area contributed by atoms with Crippen LogP contribution in [0.4, 0.5) is 5.69 Å². The number of nitrogens with one attached hydrogen (secondary N) is 1. The number of anilines is 1. The van der Waals surface area contributed by atoms with Gasteiger partial charge in [0.15, 0.2) is 5.78 Å². The minimum absolute atomic E-state index is 0.132. The molecule has 164 valence electrons. The number of hydrogen-bond donors (Lipinski definition) is 1. The minimum Gasteiger partial charge on any atom is -0.460 e. The number of ketones is 1. The highest BCUT2D eigenvalue weighted by molar-refractivity contribution is 7.92. The van der Waals surface area contributed by atoms with E-state index in [1.165, 1.54) is 0 Å². The van der Waals surface area contributed by atoms with Gasteiger partial charge in [0.2, 0.25) is 0 Å². The number of rotatable bonds is 6. The molecule has 4 rings (SSSR count). The molecular weight excluding hydrogens is 422 g/mol. The average molecular weight is 448 g/mol. The molecule has 6 heteroatoms. The summed E-state index contributed by atoms with van der Waals surface area (Å²) in [5.41, 5.74) is 4.79. The van der Waals surface area contributed by atoms with E-state index in [1.54, 1.807) is 43.3 Å². The van der Waals surface area contributed by atoms with Crippen LogP contribution in [0.25, 0.3) is 11.0 Å². The predicted molar refractivity (Wildman–Crippen MR) is 127 cm³/mol. The molecule has 0 aliphatic carbocycles. The summed E-state index contributed by atoms with van der Waals surface area (Å²) in [7, 11) is -3.74. The molecule has 1 N–H and O–H groups in total. The third-order valence-corrected chi connectivity index (χ3v) is 7.11. The number of para-hydroxylation sites is 1. The van der Waals surface area contributed by atoms with Crippen molar-refractivity contribution < 1.29 is 17.6 Å². The van der Waals surface area contributed by atoms with Crippen molar-refractivity contribution in [3.05, 3.63) is 94.2 Å². The lowest BCUT2D eigenvalue weighted by Gasteiger charge is -2.12. The number of fused-ring (bicyclic) bond motifs is 1. The number of benzene rings is 3. The number of hydrogen-bond acceptors (Lipinski definition) is 4. The maximum absolute atomic E-state index is 13.4. The van der Waals surface area contributed by atoms with Crippen LogP contribution in [-0.4, -0.2) is 14.2 Å². The van der Waals surface area contributed by atoms with Crippen LogP contribution >= 0.6 is 0 Å². The summed E-state index contributed by atoms with van der Waals surface area (Å²) < 4.78 is 34.1. The first-order valence-electron chi connectivity index (χ1n) is 10.5. The highest BCUT2D eigenvalue weighted by atomic mass is 32.2. The van der Waals surface area contributed by atoms with Crippen LogP contribution in [0.3, 0.4) is 0 Å². The fraction of sp³-hybridized carbons (Fsp3) is 0.192. The van der Waals surface area contributed by atoms with Crippen molar-refractivity contribution in [2.75, 3.05) is 4.72 Å². The minimum atomic E-state index is -3.74. The maximum Gasteiger partial charge on any atom is 0.261 e. The predicted octanol–water partition coefficient (Wildman–Crippen LogP) is 5.95. The van der Waals surface area contributed by atoms with E-state index in [9.17, 15) is 13.2 Å². The van der Waals surface area contributed by atoms with Crippen molar-refractivity contribution in [1.29, 1.82) is 0 Å². The van der Waals surface area contributed by atoms with E-state index in [0.717, 1.165) is 16.5 Å². The first-order valence-corrected chi connectivity index (χ1v) is 12.0. The second-order valence-electron chi connectivity index (χ2n) is 7.96. The monoisotopic (exact) mass is 447 g/mol. The van der Waals surface area contributed by atoms with Gasteiger partial charge in [-0.15, -0.1) is 0 Å². The number of sulfonamides is 1. The molecule has 1 heterocycles. The van der Waals surface area contributed by atoms with Gasteiger partial charge in [-0.3, -0.25) is 9.52 Å². The van der Waals surface area contributed by atoms with Crippen molar-refractivity contribution in [3.8, 4) is 0 Å². The normalized spacial score (nSPS) is 11.6. The van der Waals surface area contributed by atoms with E-state index < -0.39 is 10.0 Å². The topological polar surface area (TPSA) is 76.4 Å². The molecule has 1 aromatic heterocycles. The van der Waals surface area contributed by atoms with E-state index in [0.29, 0.717) is 40.1 Å². The average Bonchev–Trinajstić information content (AvgIpc) is 3.13. The van der Waals surface area contributed by atoms with Crippen molar-refractivity contribution in [1.82, 2.24) is 0 Å². The zero-order valence-electron chi connectivity index (χ0n) is 18.5. The molecule has 0 atom stereocenters. The lowest BCUT2D eigenvalue weighted by Crippen LogP contribution is -2.14. The van der Waals surface area contributed by atoms with E-state index in [1.807, 2.05) is 45.0 Å². The Morgan fingerprint density at radius 3 is 2.34 bits per heavy atom. The zero-order valence-corrected chi connectivity index (χ0v) is 19.3. The van der Waals surface area contributed by atoms with Crippen LogP contribution in [-0.2, 0) is 16.4 Å². The second-order valence-corrected chi connectivity index (χ2v) is 9.64. The Morgan fingerprint density at radius 2 is 1.66 bits per heavy atom. The first kappa shape index (κ1) is 21.8. The van der Waals surface area contributed by atoms with Crippen LogP contribution in [0.1, 0.15) is 45.3 Å². The largest absolute Gasteiger partial charge is 0.460 e. The van der Waals surface area contributed by atoms with Gasteiger partial charge in [-0.25, -0.2) is 8.42 Å². The molecule has 0 unspecified atom stereocenters. The van der Waals surface area contributed by atoms with Crippen molar-refractivity contribution in [3.63, 3.8) is 0 Å². The Bertz CT molecular complexity index is 1450. The fourth-order valence-corrected chi connectivity index (χ4v) is 4.94. The quantitative estimate of drug-likeness (QED) is 0.371.